The average Bonchev–Trinajstić information content (AvgIpc) is 2.87. The zero-order valence-electron chi connectivity index (χ0n) is 10.2. The van der Waals surface area contributed by atoms with E-state index in [-0.39, 0.29) is 5.54 Å². The predicted octanol–water partition coefficient (Wildman–Crippen LogP) is 2.19. The van der Waals surface area contributed by atoms with Crippen LogP contribution in [0.3, 0.4) is 0 Å². The van der Waals surface area contributed by atoms with Gasteiger partial charge in [0.05, 0.1) is 6.20 Å². The van der Waals surface area contributed by atoms with E-state index < -0.39 is 0 Å². The highest BCUT2D eigenvalue weighted by molar-refractivity contribution is 5.25. The second-order valence-corrected chi connectivity index (χ2v) is 5.56. The Hall–Kier alpha value is -0.830. The Balaban J connectivity index is 2.08. The van der Waals surface area contributed by atoms with Crippen LogP contribution in [-0.4, -0.2) is 15.3 Å². The Morgan fingerprint density at radius 3 is 2.67 bits per heavy atom. The lowest BCUT2D eigenvalue weighted by atomic mass is 10.1. The summed E-state index contributed by atoms with van der Waals surface area (Å²) in [6, 6.07) is 0. The fourth-order valence-corrected chi connectivity index (χ4v) is 1.87. The molecule has 1 aromatic rings. The highest BCUT2D eigenvalue weighted by Crippen LogP contribution is 2.41. The first-order valence-corrected chi connectivity index (χ1v) is 5.73. The molecular formula is C12H21N3. The molecule has 84 valence electrons. The van der Waals surface area contributed by atoms with Crippen LogP contribution in [0.1, 0.15) is 50.8 Å². The quantitative estimate of drug-likeness (QED) is 0.823. The monoisotopic (exact) mass is 207 g/mol. The summed E-state index contributed by atoms with van der Waals surface area (Å²) in [6.45, 7) is 7.52. The van der Waals surface area contributed by atoms with Crippen LogP contribution in [-0.2, 0) is 13.6 Å². The van der Waals surface area contributed by atoms with Crippen LogP contribution < -0.4 is 5.32 Å². The third kappa shape index (κ3) is 2.59. The molecule has 0 radical (unpaired) electrons. The van der Waals surface area contributed by atoms with Crippen LogP contribution in [0.2, 0.25) is 0 Å². The van der Waals surface area contributed by atoms with Gasteiger partial charge in [0, 0.05) is 36.3 Å². The summed E-state index contributed by atoms with van der Waals surface area (Å²) in [7, 11) is 2.05. The molecule has 0 unspecified atom stereocenters. The van der Waals surface area contributed by atoms with Crippen molar-refractivity contribution in [2.45, 2.75) is 51.6 Å². The Labute approximate surface area is 91.9 Å². The van der Waals surface area contributed by atoms with E-state index in [1.54, 1.807) is 0 Å². The predicted molar refractivity (Wildman–Crippen MR) is 61.8 cm³/mol. The smallest absolute Gasteiger partial charge is 0.0537 e. The molecule has 3 heteroatoms. The Bertz CT molecular complexity index is 342. The number of rotatable bonds is 3. The molecule has 0 bridgehead atoms. The van der Waals surface area contributed by atoms with E-state index >= 15 is 0 Å². The van der Waals surface area contributed by atoms with Crippen LogP contribution >= 0.6 is 0 Å². The molecule has 1 aliphatic carbocycles. The van der Waals surface area contributed by atoms with Crippen molar-refractivity contribution in [2.24, 2.45) is 7.05 Å². The van der Waals surface area contributed by atoms with E-state index in [1.807, 2.05) is 17.9 Å². The van der Waals surface area contributed by atoms with Gasteiger partial charge in [0.15, 0.2) is 0 Å². The van der Waals surface area contributed by atoms with Crippen molar-refractivity contribution in [3.05, 3.63) is 17.5 Å². The lowest BCUT2D eigenvalue weighted by molar-refractivity contribution is 0.423. The van der Waals surface area contributed by atoms with E-state index in [0.29, 0.717) is 0 Å². The van der Waals surface area contributed by atoms with Gasteiger partial charge in [-0.25, -0.2) is 0 Å². The summed E-state index contributed by atoms with van der Waals surface area (Å²) in [4.78, 5) is 0. The van der Waals surface area contributed by atoms with E-state index in [9.17, 15) is 0 Å². The summed E-state index contributed by atoms with van der Waals surface area (Å²) in [5.41, 5.74) is 2.98. The van der Waals surface area contributed by atoms with Crippen LogP contribution in [0.5, 0.6) is 0 Å². The maximum atomic E-state index is 4.36. The molecule has 0 atom stereocenters. The summed E-state index contributed by atoms with van der Waals surface area (Å²) in [6.07, 6.45) is 4.68. The van der Waals surface area contributed by atoms with Crippen molar-refractivity contribution in [1.82, 2.24) is 15.1 Å². The Kier molecular flexibility index (Phi) is 2.59. The minimum Gasteiger partial charge on any atom is -0.308 e. The van der Waals surface area contributed by atoms with Crippen molar-refractivity contribution in [2.75, 3.05) is 0 Å². The van der Waals surface area contributed by atoms with Crippen LogP contribution in [0.25, 0.3) is 0 Å². The minimum atomic E-state index is 0.177. The molecule has 1 aliphatic rings. The number of hydrogen-bond acceptors (Lipinski definition) is 2. The number of nitrogens with zero attached hydrogens (tertiary/aromatic N) is 2. The summed E-state index contributed by atoms with van der Waals surface area (Å²) < 4.78 is 2.04. The molecule has 0 aliphatic heterocycles. The molecule has 2 rings (SSSR count). The van der Waals surface area contributed by atoms with Crippen LogP contribution in [0.15, 0.2) is 6.20 Å². The van der Waals surface area contributed by atoms with E-state index in [1.165, 1.54) is 24.1 Å². The van der Waals surface area contributed by atoms with Gasteiger partial charge in [0.2, 0.25) is 0 Å². The second-order valence-electron chi connectivity index (χ2n) is 5.56. The maximum Gasteiger partial charge on any atom is 0.0537 e. The van der Waals surface area contributed by atoms with Crippen LogP contribution in [0.4, 0.5) is 0 Å². The first kappa shape index (κ1) is 10.7. The molecule has 0 spiro atoms. The fraction of sp³-hybridized carbons (Fsp3) is 0.750. The minimum absolute atomic E-state index is 0.177. The van der Waals surface area contributed by atoms with E-state index in [0.717, 1.165) is 12.5 Å². The molecule has 1 saturated carbocycles. The molecule has 0 saturated heterocycles. The van der Waals surface area contributed by atoms with Crippen molar-refractivity contribution >= 4 is 0 Å². The van der Waals surface area contributed by atoms with Gasteiger partial charge in [-0.15, -0.1) is 0 Å². The number of aromatic nitrogens is 2. The van der Waals surface area contributed by atoms with Gasteiger partial charge in [-0.1, -0.05) is 0 Å². The van der Waals surface area contributed by atoms with Crippen molar-refractivity contribution in [1.29, 1.82) is 0 Å². The molecule has 1 aromatic heterocycles. The van der Waals surface area contributed by atoms with Crippen LogP contribution in [0, 0.1) is 0 Å². The third-order valence-corrected chi connectivity index (χ3v) is 2.84. The highest BCUT2D eigenvalue weighted by Gasteiger charge is 2.29. The Morgan fingerprint density at radius 1 is 1.47 bits per heavy atom. The van der Waals surface area contributed by atoms with Crippen molar-refractivity contribution in [3.8, 4) is 0 Å². The fourth-order valence-electron chi connectivity index (χ4n) is 1.87. The second kappa shape index (κ2) is 3.63. The Morgan fingerprint density at radius 2 is 2.13 bits per heavy atom. The zero-order valence-corrected chi connectivity index (χ0v) is 10.2. The average molecular weight is 207 g/mol. The first-order chi connectivity index (χ1) is 6.97. The van der Waals surface area contributed by atoms with Gasteiger partial charge in [0.1, 0.15) is 0 Å². The van der Waals surface area contributed by atoms with Crippen molar-refractivity contribution < 1.29 is 0 Å². The van der Waals surface area contributed by atoms with Gasteiger partial charge in [-0.2, -0.15) is 5.10 Å². The molecule has 1 N–H and O–H groups in total. The molecule has 1 heterocycles. The van der Waals surface area contributed by atoms with E-state index in [2.05, 4.69) is 31.2 Å². The van der Waals surface area contributed by atoms with E-state index in [4.69, 9.17) is 0 Å². The molecule has 15 heavy (non-hydrogen) atoms. The van der Waals surface area contributed by atoms with Crippen molar-refractivity contribution in [3.63, 3.8) is 0 Å². The molecule has 0 aromatic carbocycles. The number of aryl methyl sites for hydroxylation is 1. The first-order valence-electron chi connectivity index (χ1n) is 5.73. The lowest BCUT2D eigenvalue weighted by Gasteiger charge is -2.20. The van der Waals surface area contributed by atoms with Gasteiger partial charge >= 0.3 is 0 Å². The largest absolute Gasteiger partial charge is 0.308 e. The normalized spacial score (nSPS) is 17.1. The SMILES string of the molecule is Cn1ncc(CNC(C)(C)C)c1C1CC1. The molecule has 1 fully saturated rings. The summed E-state index contributed by atoms with van der Waals surface area (Å²) in [5.74, 6) is 0.772. The molecule has 3 nitrogen and oxygen atoms in total. The highest BCUT2D eigenvalue weighted by atomic mass is 15.3. The maximum absolute atomic E-state index is 4.36. The van der Waals surface area contributed by atoms with Gasteiger partial charge in [-0.3, -0.25) is 4.68 Å². The number of nitrogens with one attached hydrogen (secondary N) is 1. The lowest BCUT2D eigenvalue weighted by Crippen LogP contribution is -2.35. The molecule has 0 amide bonds. The number of hydrogen-bond donors (Lipinski definition) is 1. The van der Waals surface area contributed by atoms with Gasteiger partial charge < -0.3 is 5.32 Å². The third-order valence-electron chi connectivity index (χ3n) is 2.84. The standard InChI is InChI=1S/C12H21N3/c1-12(2,3)13-7-10-8-14-15(4)11(10)9-5-6-9/h8-9,13H,5-7H2,1-4H3. The topological polar surface area (TPSA) is 29.9 Å². The summed E-state index contributed by atoms with van der Waals surface area (Å²) in [5, 5.41) is 7.88. The van der Waals surface area contributed by atoms with Gasteiger partial charge in [-0.05, 0) is 33.6 Å². The van der Waals surface area contributed by atoms with Gasteiger partial charge in [0.25, 0.3) is 0 Å². The molecular weight excluding hydrogens is 186 g/mol. The zero-order chi connectivity index (χ0) is 11.1. The summed E-state index contributed by atoms with van der Waals surface area (Å²) >= 11 is 0.